The van der Waals surface area contributed by atoms with Crippen molar-refractivity contribution in [2.24, 2.45) is 0 Å². The van der Waals surface area contributed by atoms with Crippen LogP contribution >= 0.6 is 15.9 Å². The van der Waals surface area contributed by atoms with Crippen LogP contribution in [0.4, 0.5) is 0 Å². The Morgan fingerprint density at radius 3 is 2.00 bits per heavy atom. The van der Waals surface area contributed by atoms with Crippen LogP contribution in [0, 0.1) is 0 Å². The van der Waals surface area contributed by atoms with Gasteiger partial charge in [-0.15, -0.1) is 0 Å². The Bertz CT molecular complexity index is 765. The Morgan fingerprint density at radius 1 is 1.07 bits per heavy atom. The van der Waals surface area contributed by atoms with Gasteiger partial charge in [0.05, 0.1) is 0 Å². The van der Waals surface area contributed by atoms with E-state index in [1.54, 1.807) is 0 Å². The van der Waals surface area contributed by atoms with Crippen molar-refractivity contribution in [2.75, 3.05) is 0 Å². The van der Waals surface area contributed by atoms with Crippen LogP contribution in [0.15, 0.2) is 71.7 Å². The Kier molecular flexibility index (Phi) is 9.07. The minimum Gasteiger partial charge on any atom is -0.462 e. The molecule has 0 fully saturated rings. The van der Waals surface area contributed by atoms with Crippen LogP contribution in [0.2, 0.25) is 5.04 Å². The lowest BCUT2D eigenvalue weighted by molar-refractivity contribution is -0.146. The largest absolute Gasteiger partial charge is 0.462 e. The third-order valence-electron chi connectivity index (χ3n) is 5.72. The highest BCUT2D eigenvalue weighted by Gasteiger charge is 2.49. The molecule has 162 valence electrons. The van der Waals surface area contributed by atoms with Gasteiger partial charge in [0.15, 0.2) is 0 Å². The summed E-state index contributed by atoms with van der Waals surface area (Å²) in [7, 11) is -2.97. The van der Waals surface area contributed by atoms with E-state index in [1.165, 1.54) is 6.92 Å². The van der Waals surface area contributed by atoms with Crippen molar-refractivity contribution >= 4 is 40.6 Å². The molecule has 0 heterocycles. The summed E-state index contributed by atoms with van der Waals surface area (Å²) in [5.74, 6) is -0.260. The maximum atomic E-state index is 12.2. The van der Waals surface area contributed by atoms with E-state index in [4.69, 9.17) is 4.74 Å². The Hall–Kier alpha value is -1.69. The van der Waals surface area contributed by atoms with Gasteiger partial charge in [-0.25, -0.2) is 0 Å². The molecule has 0 aliphatic heterocycles. The lowest BCUT2D eigenvalue weighted by Crippen LogP contribution is -2.65. The molecule has 0 aliphatic rings. The van der Waals surface area contributed by atoms with Crippen molar-refractivity contribution in [3.8, 4) is 0 Å². The summed E-state index contributed by atoms with van der Waals surface area (Å²) >= 11 is 3.37. The lowest BCUT2D eigenvalue weighted by atomic mass is 10.0. The number of halogens is 1. The molecule has 1 atom stereocenters. The first-order valence-electron chi connectivity index (χ1n) is 10.5. The minimum atomic E-state index is -2.97. The highest BCUT2D eigenvalue weighted by Crippen LogP contribution is 2.40. The van der Waals surface area contributed by atoms with E-state index in [-0.39, 0.29) is 17.1 Å². The summed E-state index contributed by atoms with van der Waals surface area (Å²) in [4.78, 5) is 23.6. The van der Waals surface area contributed by atoms with Crippen molar-refractivity contribution in [3.63, 3.8) is 0 Å². The summed E-state index contributed by atoms with van der Waals surface area (Å²) in [6, 6.07) is 20.2. The van der Waals surface area contributed by atoms with Crippen LogP contribution in [-0.4, -0.2) is 25.2 Å². The SMILES string of the molecule is C=C(Br)C[C@H](CCCCC(C)(C)[Si](O)(c1ccccc1)c1ccccc1)OC(C)=O. The second-order valence-electron chi connectivity index (χ2n) is 8.52. The Morgan fingerprint density at radius 2 is 1.57 bits per heavy atom. The molecule has 0 amide bonds. The van der Waals surface area contributed by atoms with E-state index < -0.39 is 8.32 Å². The lowest BCUT2D eigenvalue weighted by Gasteiger charge is -2.41. The van der Waals surface area contributed by atoms with Gasteiger partial charge in [-0.05, 0) is 39.2 Å². The maximum Gasteiger partial charge on any atom is 0.302 e. The fourth-order valence-corrected chi connectivity index (χ4v) is 8.26. The monoisotopic (exact) mass is 488 g/mol. The number of unbranched alkanes of at least 4 members (excludes halogenated alkanes) is 1. The van der Waals surface area contributed by atoms with E-state index in [1.807, 2.05) is 36.4 Å². The molecule has 3 nitrogen and oxygen atoms in total. The fraction of sp³-hybridized carbons (Fsp3) is 0.400. The smallest absolute Gasteiger partial charge is 0.302 e. The van der Waals surface area contributed by atoms with Gasteiger partial charge in [-0.2, -0.15) is 0 Å². The van der Waals surface area contributed by atoms with Gasteiger partial charge in [0, 0.05) is 13.3 Å². The number of ether oxygens (including phenoxy) is 1. The van der Waals surface area contributed by atoms with Crippen molar-refractivity contribution in [1.82, 2.24) is 0 Å². The molecule has 0 bridgehead atoms. The molecule has 0 saturated heterocycles. The molecule has 0 spiro atoms. The number of carbonyl (C=O) groups is 1. The standard InChI is InChI=1S/C25H33BrO3Si/c1-20(26)19-22(29-21(2)27)13-11-12-18-25(3,4)30(28,23-14-7-5-8-15-23)24-16-9-6-10-17-24/h5-10,14-17,22,28H,1,11-13,18-19H2,2-4H3/t22-/m0/s1. The predicted octanol–water partition coefficient (Wildman–Crippen LogP) is 5.31. The first-order chi connectivity index (χ1) is 14.2. The van der Waals surface area contributed by atoms with Crippen molar-refractivity contribution in [1.29, 1.82) is 0 Å². The van der Waals surface area contributed by atoms with Gasteiger partial charge in [-0.3, -0.25) is 4.79 Å². The molecule has 5 heteroatoms. The topological polar surface area (TPSA) is 46.5 Å². The van der Waals surface area contributed by atoms with E-state index in [9.17, 15) is 9.59 Å². The maximum absolute atomic E-state index is 12.2. The molecule has 30 heavy (non-hydrogen) atoms. The third-order valence-corrected chi connectivity index (χ3v) is 10.6. The Labute approximate surface area is 190 Å². The number of esters is 1. The molecular weight excluding hydrogens is 456 g/mol. The van der Waals surface area contributed by atoms with Gasteiger partial charge in [0.1, 0.15) is 6.10 Å². The van der Waals surface area contributed by atoms with E-state index >= 15 is 0 Å². The third kappa shape index (κ3) is 6.40. The average molecular weight is 490 g/mol. The van der Waals surface area contributed by atoms with Gasteiger partial charge >= 0.3 is 5.97 Å². The zero-order valence-electron chi connectivity index (χ0n) is 18.2. The highest BCUT2D eigenvalue weighted by atomic mass is 79.9. The molecule has 0 aliphatic carbocycles. The second-order valence-corrected chi connectivity index (χ2v) is 13.6. The van der Waals surface area contributed by atoms with Crippen LogP contribution < -0.4 is 10.4 Å². The molecule has 2 aromatic rings. The summed E-state index contributed by atoms with van der Waals surface area (Å²) in [6.45, 7) is 9.68. The van der Waals surface area contributed by atoms with Gasteiger partial charge in [-0.1, -0.05) is 103 Å². The van der Waals surface area contributed by atoms with Crippen molar-refractivity contribution in [3.05, 3.63) is 71.7 Å². The van der Waals surface area contributed by atoms with Crippen molar-refractivity contribution < 1.29 is 14.3 Å². The second kappa shape index (κ2) is 11.1. The molecule has 0 unspecified atom stereocenters. The van der Waals surface area contributed by atoms with E-state index in [0.29, 0.717) is 6.42 Å². The predicted molar refractivity (Wildman–Crippen MR) is 131 cm³/mol. The van der Waals surface area contributed by atoms with Crippen LogP contribution in [0.5, 0.6) is 0 Å². The number of carbonyl (C=O) groups excluding carboxylic acids is 1. The molecular formula is C25H33BrO3Si. The van der Waals surface area contributed by atoms with Gasteiger partial charge < -0.3 is 9.53 Å². The zero-order valence-corrected chi connectivity index (χ0v) is 20.8. The molecule has 0 saturated carbocycles. The van der Waals surface area contributed by atoms with Gasteiger partial charge in [0.25, 0.3) is 8.32 Å². The summed E-state index contributed by atoms with van der Waals surface area (Å²) < 4.78 is 6.27. The molecule has 2 aromatic carbocycles. The molecule has 2 rings (SSSR count). The number of hydrogen-bond donors (Lipinski definition) is 1. The van der Waals surface area contributed by atoms with Crippen LogP contribution in [0.1, 0.15) is 52.9 Å². The summed E-state index contributed by atoms with van der Waals surface area (Å²) in [5, 5.41) is 1.82. The summed E-state index contributed by atoms with van der Waals surface area (Å²) in [5.41, 5.74) is 0. The first kappa shape index (κ1) is 24.6. The Balaban J connectivity index is 2.14. The van der Waals surface area contributed by atoms with E-state index in [2.05, 4.69) is 60.6 Å². The molecule has 1 N–H and O–H groups in total. The fourth-order valence-electron chi connectivity index (χ4n) is 4.11. The number of rotatable bonds is 11. The van der Waals surface area contributed by atoms with Crippen LogP contribution in [0.3, 0.4) is 0 Å². The minimum absolute atomic E-state index is 0.156. The normalized spacial score (nSPS) is 13.0. The quantitative estimate of drug-likeness (QED) is 0.264. The first-order valence-corrected chi connectivity index (χ1v) is 13.2. The summed E-state index contributed by atoms with van der Waals surface area (Å²) in [6.07, 6.45) is 4.02. The average Bonchev–Trinajstić information content (AvgIpc) is 2.71. The van der Waals surface area contributed by atoms with E-state index in [0.717, 1.165) is 40.5 Å². The van der Waals surface area contributed by atoms with Crippen molar-refractivity contribution in [2.45, 2.75) is 64.0 Å². The number of hydrogen-bond acceptors (Lipinski definition) is 3. The molecule has 0 radical (unpaired) electrons. The van der Waals surface area contributed by atoms with Crippen LogP contribution in [-0.2, 0) is 9.53 Å². The number of benzene rings is 2. The van der Waals surface area contributed by atoms with Gasteiger partial charge in [0.2, 0.25) is 0 Å². The van der Waals surface area contributed by atoms with Crippen LogP contribution in [0.25, 0.3) is 0 Å². The molecule has 0 aromatic heterocycles. The highest BCUT2D eigenvalue weighted by molar-refractivity contribution is 9.11. The zero-order chi connectivity index (χ0) is 22.2.